The average molecular weight is 245 g/mol. The Kier molecular flexibility index (Phi) is 3.47. The summed E-state index contributed by atoms with van der Waals surface area (Å²) in [6.45, 7) is 5.51. The third-order valence-corrected chi connectivity index (χ3v) is 5.15. The minimum atomic E-state index is 0.545. The second kappa shape index (κ2) is 4.47. The maximum absolute atomic E-state index is 4.43. The first-order valence-corrected chi connectivity index (χ1v) is 7.07. The molecule has 78 valence electrons. The third-order valence-electron chi connectivity index (χ3n) is 2.41. The van der Waals surface area contributed by atoms with Gasteiger partial charge in [0.05, 0.1) is 8.42 Å². The van der Waals surface area contributed by atoms with Crippen LogP contribution in [0.25, 0.3) is 0 Å². The van der Waals surface area contributed by atoms with Crippen molar-refractivity contribution in [2.75, 3.05) is 6.54 Å². The van der Waals surface area contributed by atoms with Crippen LogP contribution in [0.3, 0.4) is 0 Å². The largest absolute Gasteiger partial charge is 0.310 e. The van der Waals surface area contributed by atoms with Crippen LogP contribution in [-0.2, 0) is 0 Å². The van der Waals surface area contributed by atoms with E-state index in [1.54, 1.807) is 0 Å². The molecule has 1 aromatic heterocycles. The molecule has 1 nitrogen and oxygen atoms in total. The van der Waals surface area contributed by atoms with Gasteiger partial charge in [-0.2, -0.15) is 0 Å². The number of thiol groups is 1. The molecule has 0 spiro atoms. The van der Waals surface area contributed by atoms with Crippen LogP contribution in [0.15, 0.2) is 14.5 Å². The molecular formula is C10H15NS3. The van der Waals surface area contributed by atoms with Crippen LogP contribution in [0.4, 0.5) is 0 Å². The molecule has 0 fully saturated rings. The SMILES string of the molecule is CCNC1CC(C)Sc2sc(S)cc21. The van der Waals surface area contributed by atoms with E-state index in [4.69, 9.17) is 0 Å². The highest BCUT2D eigenvalue weighted by Crippen LogP contribution is 2.46. The first-order chi connectivity index (χ1) is 6.70. The molecule has 2 heterocycles. The summed E-state index contributed by atoms with van der Waals surface area (Å²) in [5, 5.41) is 4.26. The molecule has 1 aromatic rings. The molecule has 0 saturated heterocycles. The molecule has 2 atom stereocenters. The zero-order chi connectivity index (χ0) is 10.1. The Labute approximate surface area is 99.1 Å². The molecule has 0 aliphatic carbocycles. The van der Waals surface area contributed by atoms with E-state index >= 15 is 0 Å². The lowest BCUT2D eigenvalue weighted by molar-refractivity contribution is 0.503. The summed E-state index contributed by atoms with van der Waals surface area (Å²) >= 11 is 8.23. The molecule has 0 saturated carbocycles. The van der Waals surface area contributed by atoms with E-state index in [-0.39, 0.29) is 0 Å². The molecule has 2 unspecified atom stereocenters. The molecule has 0 amide bonds. The smallest absolute Gasteiger partial charge is 0.0661 e. The number of thiophene rings is 1. The number of fused-ring (bicyclic) bond motifs is 1. The van der Waals surface area contributed by atoms with E-state index in [9.17, 15) is 0 Å². The van der Waals surface area contributed by atoms with Crippen molar-refractivity contribution < 1.29 is 0 Å². The van der Waals surface area contributed by atoms with Crippen LogP contribution >= 0.6 is 35.7 Å². The molecular weight excluding hydrogens is 230 g/mol. The van der Waals surface area contributed by atoms with Crippen molar-refractivity contribution in [3.05, 3.63) is 11.6 Å². The lowest BCUT2D eigenvalue weighted by Crippen LogP contribution is -2.25. The van der Waals surface area contributed by atoms with Gasteiger partial charge in [-0.05, 0) is 24.6 Å². The number of hydrogen-bond acceptors (Lipinski definition) is 4. The van der Waals surface area contributed by atoms with Gasteiger partial charge in [-0.1, -0.05) is 13.8 Å². The Morgan fingerprint density at radius 2 is 2.43 bits per heavy atom. The Morgan fingerprint density at radius 1 is 1.64 bits per heavy atom. The summed E-state index contributed by atoms with van der Waals surface area (Å²) in [5.74, 6) is 0. The third kappa shape index (κ3) is 2.13. The number of nitrogens with one attached hydrogen (secondary N) is 1. The van der Waals surface area contributed by atoms with Gasteiger partial charge in [0.1, 0.15) is 0 Å². The average Bonchev–Trinajstić information content (AvgIpc) is 2.45. The highest BCUT2D eigenvalue weighted by atomic mass is 32.2. The van der Waals surface area contributed by atoms with E-state index in [1.807, 2.05) is 23.1 Å². The van der Waals surface area contributed by atoms with Gasteiger partial charge in [0.15, 0.2) is 0 Å². The fourth-order valence-corrected chi connectivity index (χ4v) is 5.08. The van der Waals surface area contributed by atoms with Crippen LogP contribution in [0, 0.1) is 0 Å². The van der Waals surface area contributed by atoms with Gasteiger partial charge in [0, 0.05) is 11.3 Å². The molecule has 0 radical (unpaired) electrons. The van der Waals surface area contributed by atoms with Crippen molar-refractivity contribution in [2.45, 2.75) is 40.0 Å². The van der Waals surface area contributed by atoms with Gasteiger partial charge in [0.25, 0.3) is 0 Å². The van der Waals surface area contributed by atoms with Gasteiger partial charge < -0.3 is 5.32 Å². The minimum absolute atomic E-state index is 0.545. The van der Waals surface area contributed by atoms with Gasteiger partial charge in [-0.25, -0.2) is 0 Å². The lowest BCUT2D eigenvalue weighted by atomic mass is 10.1. The minimum Gasteiger partial charge on any atom is -0.310 e. The summed E-state index contributed by atoms with van der Waals surface area (Å²) in [7, 11) is 0. The predicted octanol–water partition coefficient (Wildman–Crippen LogP) is 3.57. The molecule has 4 heteroatoms. The maximum atomic E-state index is 4.43. The van der Waals surface area contributed by atoms with Crippen LogP contribution in [-0.4, -0.2) is 11.8 Å². The van der Waals surface area contributed by atoms with Gasteiger partial charge in [0.2, 0.25) is 0 Å². The summed E-state index contributed by atoms with van der Waals surface area (Å²) in [4.78, 5) is 0. The van der Waals surface area contributed by atoms with Crippen LogP contribution in [0.5, 0.6) is 0 Å². The second-order valence-corrected chi connectivity index (χ2v) is 7.15. The monoisotopic (exact) mass is 245 g/mol. The van der Waals surface area contributed by atoms with Crippen molar-refractivity contribution in [3.63, 3.8) is 0 Å². The topological polar surface area (TPSA) is 12.0 Å². The van der Waals surface area contributed by atoms with Crippen molar-refractivity contribution in [3.8, 4) is 0 Å². The van der Waals surface area contributed by atoms with Crippen LogP contribution < -0.4 is 5.32 Å². The van der Waals surface area contributed by atoms with Crippen molar-refractivity contribution >= 4 is 35.7 Å². The molecule has 1 N–H and O–H groups in total. The Bertz CT molecular complexity index is 321. The van der Waals surface area contributed by atoms with E-state index in [0.717, 1.165) is 16.0 Å². The lowest BCUT2D eigenvalue weighted by Gasteiger charge is -2.27. The standard InChI is InChI=1S/C10H15NS3/c1-3-11-8-4-6(2)13-10-7(8)5-9(12)14-10/h5-6,8,11-12H,3-4H2,1-2H3. The number of hydrogen-bond donors (Lipinski definition) is 2. The highest BCUT2D eigenvalue weighted by molar-refractivity contribution is 8.02. The van der Waals surface area contributed by atoms with Crippen LogP contribution in [0.1, 0.15) is 31.9 Å². The molecule has 2 rings (SSSR count). The second-order valence-electron chi connectivity index (χ2n) is 3.60. The zero-order valence-electron chi connectivity index (χ0n) is 8.41. The fraction of sp³-hybridized carbons (Fsp3) is 0.600. The summed E-state index contributed by atoms with van der Waals surface area (Å²) in [6.07, 6.45) is 1.23. The molecule has 0 bridgehead atoms. The van der Waals surface area contributed by atoms with Crippen LogP contribution in [0.2, 0.25) is 0 Å². The predicted molar refractivity (Wildman–Crippen MR) is 67.9 cm³/mol. The van der Waals surface area contributed by atoms with Gasteiger partial charge >= 0.3 is 0 Å². The Balaban J connectivity index is 2.28. The van der Waals surface area contributed by atoms with Crippen molar-refractivity contribution in [2.24, 2.45) is 0 Å². The zero-order valence-corrected chi connectivity index (χ0v) is 10.9. The van der Waals surface area contributed by atoms with Crippen molar-refractivity contribution in [1.82, 2.24) is 5.32 Å². The van der Waals surface area contributed by atoms with E-state index in [1.165, 1.54) is 16.2 Å². The summed E-state index contributed by atoms with van der Waals surface area (Å²) < 4.78 is 2.60. The van der Waals surface area contributed by atoms with Gasteiger partial charge in [-0.15, -0.1) is 35.7 Å². The highest BCUT2D eigenvalue weighted by Gasteiger charge is 2.26. The first kappa shape index (κ1) is 10.9. The van der Waals surface area contributed by atoms with Crippen molar-refractivity contribution in [1.29, 1.82) is 0 Å². The Morgan fingerprint density at radius 3 is 3.14 bits per heavy atom. The van der Waals surface area contributed by atoms with Gasteiger partial charge in [-0.3, -0.25) is 0 Å². The normalized spacial score (nSPS) is 26.2. The number of thioether (sulfide) groups is 1. The van der Waals surface area contributed by atoms with E-state index < -0.39 is 0 Å². The van der Waals surface area contributed by atoms with E-state index in [2.05, 4.69) is 37.9 Å². The molecule has 1 aliphatic heterocycles. The summed E-state index contributed by atoms with van der Waals surface area (Å²) in [5.41, 5.74) is 1.46. The molecule has 0 aromatic carbocycles. The quantitative estimate of drug-likeness (QED) is 0.773. The number of rotatable bonds is 2. The van der Waals surface area contributed by atoms with E-state index in [0.29, 0.717) is 6.04 Å². The first-order valence-electron chi connectivity index (χ1n) is 4.93. The maximum Gasteiger partial charge on any atom is 0.0661 e. The molecule has 14 heavy (non-hydrogen) atoms. The molecule has 1 aliphatic rings. The fourth-order valence-electron chi connectivity index (χ4n) is 1.84. The summed E-state index contributed by atoms with van der Waals surface area (Å²) in [6, 6.07) is 2.76. The Hall–Kier alpha value is 0.360.